The normalized spacial score (nSPS) is 12.2. The van der Waals surface area contributed by atoms with Crippen LogP contribution in [0.1, 0.15) is 0 Å². The summed E-state index contributed by atoms with van der Waals surface area (Å²) < 4.78 is 18.5. The van der Waals surface area contributed by atoms with Crippen molar-refractivity contribution < 1.29 is 13.3 Å². The molecule has 3 heterocycles. The molecule has 3 nitrogen and oxygen atoms in total. The average Bonchev–Trinajstić information content (AvgIpc) is 3.78. The second-order valence-electron chi connectivity index (χ2n) is 11.2. The molecule has 0 amide bonds. The summed E-state index contributed by atoms with van der Waals surface area (Å²) in [5.41, 5.74) is 9.10. The van der Waals surface area contributed by atoms with Gasteiger partial charge in [-0.15, -0.1) is 0 Å². The van der Waals surface area contributed by atoms with Gasteiger partial charge in [-0.05, 0) is 86.3 Å². The van der Waals surface area contributed by atoms with E-state index in [0.717, 1.165) is 60.4 Å². The van der Waals surface area contributed by atoms with Crippen molar-refractivity contribution in [1.82, 2.24) is 0 Å². The smallest absolute Gasteiger partial charge is 0.145 e. The highest BCUT2D eigenvalue weighted by molar-refractivity contribution is 6.26. The molecule has 200 valence electrons. The number of benzene rings is 7. The van der Waals surface area contributed by atoms with Crippen molar-refractivity contribution in [3.8, 4) is 22.3 Å². The van der Waals surface area contributed by atoms with Gasteiger partial charge in [0.2, 0.25) is 0 Å². The van der Waals surface area contributed by atoms with Gasteiger partial charge >= 0.3 is 0 Å². The van der Waals surface area contributed by atoms with Gasteiger partial charge in [0.05, 0.1) is 11.6 Å². The Morgan fingerprint density at radius 1 is 0.395 bits per heavy atom. The maximum absolute atomic E-state index is 6.31. The van der Waals surface area contributed by atoms with Crippen molar-refractivity contribution in [1.29, 1.82) is 0 Å². The quantitative estimate of drug-likeness (QED) is 0.201. The number of hydrogen-bond donors (Lipinski definition) is 0. The maximum Gasteiger partial charge on any atom is 0.145 e. The average molecular weight is 551 g/mol. The molecule has 43 heavy (non-hydrogen) atoms. The number of rotatable bonds is 2. The molecule has 0 saturated heterocycles. The van der Waals surface area contributed by atoms with Gasteiger partial charge in [0.15, 0.2) is 0 Å². The molecule has 0 aliphatic carbocycles. The van der Waals surface area contributed by atoms with Crippen LogP contribution in [0.2, 0.25) is 0 Å². The van der Waals surface area contributed by atoms with Gasteiger partial charge < -0.3 is 13.3 Å². The Kier molecular flexibility index (Phi) is 4.45. The summed E-state index contributed by atoms with van der Waals surface area (Å²) in [4.78, 5) is 0. The summed E-state index contributed by atoms with van der Waals surface area (Å²) in [6.45, 7) is 0. The van der Waals surface area contributed by atoms with Crippen molar-refractivity contribution >= 4 is 76.4 Å². The lowest BCUT2D eigenvalue weighted by molar-refractivity contribution is 0.618. The minimum Gasteiger partial charge on any atom is -0.464 e. The lowest BCUT2D eigenvalue weighted by Crippen LogP contribution is -1.91. The summed E-state index contributed by atoms with van der Waals surface area (Å²) in [7, 11) is 0. The van der Waals surface area contributed by atoms with Gasteiger partial charge in [-0.1, -0.05) is 84.9 Å². The van der Waals surface area contributed by atoms with E-state index in [2.05, 4.69) is 97.1 Å². The van der Waals surface area contributed by atoms with E-state index < -0.39 is 0 Å². The SMILES string of the molecule is c1ccc2c(c1)oc1cccc(-c3c4ccccc4c(-c4ccc5oc6ccc7ccoc7c6c5c4)c4ccccc34)c12. The zero-order chi connectivity index (χ0) is 28.1. The predicted octanol–water partition coefficient (Wildman–Crippen LogP) is 11.9. The van der Waals surface area contributed by atoms with Crippen LogP contribution in [0.5, 0.6) is 0 Å². The second-order valence-corrected chi connectivity index (χ2v) is 11.2. The molecule has 0 radical (unpaired) electrons. The van der Waals surface area contributed by atoms with E-state index in [-0.39, 0.29) is 0 Å². The van der Waals surface area contributed by atoms with Gasteiger partial charge in [-0.2, -0.15) is 0 Å². The van der Waals surface area contributed by atoms with Crippen LogP contribution < -0.4 is 0 Å². The third-order valence-corrected chi connectivity index (χ3v) is 8.94. The van der Waals surface area contributed by atoms with Crippen LogP contribution >= 0.6 is 0 Å². The molecular weight excluding hydrogens is 528 g/mol. The van der Waals surface area contributed by atoms with E-state index in [1.54, 1.807) is 6.26 Å². The van der Waals surface area contributed by atoms with Crippen molar-refractivity contribution in [3.05, 3.63) is 134 Å². The zero-order valence-electron chi connectivity index (χ0n) is 22.9. The fraction of sp³-hybridized carbons (Fsp3) is 0. The third kappa shape index (κ3) is 3.08. The zero-order valence-corrected chi connectivity index (χ0v) is 22.9. The Balaban J connectivity index is 1.34. The molecule has 0 unspecified atom stereocenters. The topological polar surface area (TPSA) is 39.4 Å². The van der Waals surface area contributed by atoms with E-state index in [4.69, 9.17) is 13.3 Å². The first kappa shape index (κ1) is 22.8. The molecule has 0 N–H and O–H groups in total. The minimum absolute atomic E-state index is 0.833. The molecule has 0 saturated carbocycles. The van der Waals surface area contributed by atoms with E-state index in [1.165, 1.54) is 38.2 Å². The maximum atomic E-state index is 6.31. The molecule has 0 aliphatic heterocycles. The summed E-state index contributed by atoms with van der Waals surface area (Å²) in [6, 6.07) is 44.9. The molecule has 0 bridgehead atoms. The van der Waals surface area contributed by atoms with Crippen LogP contribution in [0.3, 0.4) is 0 Å². The molecule has 0 aliphatic rings. The second kappa shape index (κ2) is 8.37. The highest BCUT2D eigenvalue weighted by Crippen LogP contribution is 2.47. The molecule has 0 atom stereocenters. The number of fused-ring (bicyclic) bond motifs is 10. The van der Waals surface area contributed by atoms with E-state index >= 15 is 0 Å². The summed E-state index contributed by atoms with van der Waals surface area (Å²) >= 11 is 0. The van der Waals surface area contributed by atoms with Crippen LogP contribution in [0, 0.1) is 0 Å². The van der Waals surface area contributed by atoms with Gasteiger partial charge in [0.1, 0.15) is 27.9 Å². The number of hydrogen-bond acceptors (Lipinski definition) is 3. The Morgan fingerprint density at radius 3 is 1.77 bits per heavy atom. The number of furan rings is 3. The third-order valence-electron chi connectivity index (χ3n) is 8.94. The van der Waals surface area contributed by atoms with E-state index in [9.17, 15) is 0 Å². The molecule has 0 spiro atoms. The molecule has 3 aromatic heterocycles. The van der Waals surface area contributed by atoms with Gasteiger partial charge in [0.25, 0.3) is 0 Å². The van der Waals surface area contributed by atoms with Crippen molar-refractivity contribution in [2.75, 3.05) is 0 Å². The number of para-hydroxylation sites is 1. The fourth-order valence-corrected chi connectivity index (χ4v) is 7.16. The molecular formula is C40H22O3. The van der Waals surface area contributed by atoms with Crippen LogP contribution in [-0.4, -0.2) is 0 Å². The highest BCUT2D eigenvalue weighted by Gasteiger charge is 2.21. The van der Waals surface area contributed by atoms with E-state index in [1.807, 2.05) is 30.3 Å². The predicted molar refractivity (Wildman–Crippen MR) is 177 cm³/mol. The first-order valence-corrected chi connectivity index (χ1v) is 14.5. The Labute approximate surface area is 245 Å². The van der Waals surface area contributed by atoms with Crippen LogP contribution in [0.25, 0.3) is 98.6 Å². The first-order valence-electron chi connectivity index (χ1n) is 14.5. The first-order chi connectivity index (χ1) is 21.3. The molecule has 10 aromatic rings. The molecule has 0 fully saturated rings. The minimum atomic E-state index is 0.833. The Morgan fingerprint density at radius 2 is 1.00 bits per heavy atom. The van der Waals surface area contributed by atoms with E-state index in [0.29, 0.717) is 0 Å². The van der Waals surface area contributed by atoms with Gasteiger partial charge in [-0.3, -0.25) is 0 Å². The lowest BCUT2D eigenvalue weighted by Gasteiger charge is -2.18. The van der Waals surface area contributed by atoms with Crippen LogP contribution in [-0.2, 0) is 0 Å². The standard InChI is InChI=1S/C40H22O3/c1-3-10-27-25(8-1)36(24-17-18-33-31(22-24)39-35(43-33)19-16-23-20-21-41-40(23)39)26-9-2-4-11-28(26)37(27)30-13-7-15-34-38(30)29-12-5-6-14-32(29)42-34/h1-22H. The summed E-state index contributed by atoms with van der Waals surface area (Å²) in [5.74, 6) is 0. The Hall–Kier alpha value is -5.80. The van der Waals surface area contributed by atoms with Crippen molar-refractivity contribution in [2.45, 2.75) is 0 Å². The largest absolute Gasteiger partial charge is 0.464 e. The van der Waals surface area contributed by atoms with Crippen LogP contribution in [0.15, 0.2) is 147 Å². The van der Waals surface area contributed by atoms with Gasteiger partial charge in [0, 0.05) is 21.5 Å². The van der Waals surface area contributed by atoms with Crippen LogP contribution in [0.4, 0.5) is 0 Å². The van der Waals surface area contributed by atoms with Gasteiger partial charge in [-0.25, -0.2) is 0 Å². The Bertz CT molecular complexity index is 2680. The molecule has 3 heteroatoms. The highest BCUT2D eigenvalue weighted by atomic mass is 16.3. The monoisotopic (exact) mass is 550 g/mol. The fourth-order valence-electron chi connectivity index (χ4n) is 7.16. The lowest BCUT2D eigenvalue weighted by atomic mass is 9.84. The van der Waals surface area contributed by atoms with Crippen molar-refractivity contribution in [2.24, 2.45) is 0 Å². The van der Waals surface area contributed by atoms with Crippen molar-refractivity contribution in [3.63, 3.8) is 0 Å². The molecule has 10 rings (SSSR count). The molecule has 7 aromatic carbocycles. The summed E-state index contributed by atoms with van der Waals surface area (Å²) in [5, 5.41) is 10.2. The summed E-state index contributed by atoms with van der Waals surface area (Å²) in [6.07, 6.45) is 1.75.